The lowest BCUT2D eigenvalue weighted by Gasteiger charge is -2.22. The van der Waals surface area contributed by atoms with Crippen LogP contribution in [0.4, 0.5) is 5.82 Å². The van der Waals surface area contributed by atoms with Crippen molar-refractivity contribution in [3.63, 3.8) is 0 Å². The van der Waals surface area contributed by atoms with Crippen LogP contribution in [-0.2, 0) is 30.5 Å². The zero-order valence-electron chi connectivity index (χ0n) is 20.1. The van der Waals surface area contributed by atoms with Gasteiger partial charge in [0, 0.05) is 22.5 Å². The number of anilines is 1. The summed E-state index contributed by atoms with van der Waals surface area (Å²) in [6.07, 6.45) is 7.99. The third-order valence-corrected chi connectivity index (χ3v) is 7.11. The molecule has 0 bridgehead atoms. The Bertz CT molecular complexity index is 1340. The molecule has 0 spiro atoms. The molecule has 1 aromatic heterocycles. The van der Waals surface area contributed by atoms with Gasteiger partial charge in [0.1, 0.15) is 0 Å². The van der Waals surface area contributed by atoms with Crippen molar-refractivity contribution < 1.29 is 9.59 Å². The van der Waals surface area contributed by atoms with E-state index in [1.807, 2.05) is 36.4 Å². The summed E-state index contributed by atoms with van der Waals surface area (Å²) in [6, 6.07) is 15.3. The molecule has 0 saturated heterocycles. The van der Waals surface area contributed by atoms with E-state index in [0.29, 0.717) is 43.0 Å². The maximum atomic E-state index is 12.9. The van der Waals surface area contributed by atoms with Crippen LogP contribution < -0.4 is 5.32 Å². The molecule has 2 aliphatic carbocycles. The van der Waals surface area contributed by atoms with Crippen molar-refractivity contribution in [3.8, 4) is 11.3 Å². The lowest BCUT2D eigenvalue weighted by atomic mass is 9.90. The van der Waals surface area contributed by atoms with Crippen LogP contribution in [0.15, 0.2) is 53.6 Å². The van der Waals surface area contributed by atoms with Crippen molar-refractivity contribution in [2.75, 3.05) is 5.32 Å². The summed E-state index contributed by atoms with van der Waals surface area (Å²) in [4.78, 5) is 37.4. The monoisotopic (exact) mass is 480 g/mol. The van der Waals surface area contributed by atoms with E-state index in [1.54, 1.807) is 12.1 Å². The Balaban J connectivity index is 1.43. The van der Waals surface area contributed by atoms with Gasteiger partial charge in [-0.1, -0.05) is 68.1 Å². The van der Waals surface area contributed by atoms with E-state index < -0.39 is 5.91 Å². The van der Waals surface area contributed by atoms with Gasteiger partial charge < -0.3 is 5.32 Å². The summed E-state index contributed by atoms with van der Waals surface area (Å²) in [6.45, 7) is 0. The highest BCUT2D eigenvalue weighted by molar-refractivity contribution is 5.96. The number of carbonyl (C=O) groups is 2. The quantitative estimate of drug-likeness (QED) is 0.253. The fourth-order valence-electron chi connectivity index (χ4n) is 5.24. The molecule has 1 saturated carbocycles. The van der Waals surface area contributed by atoms with Gasteiger partial charge in [-0.3, -0.25) is 9.59 Å². The number of rotatable bonds is 7. The highest BCUT2D eigenvalue weighted by Gasteiger charge is 2.25. The van der Waals surface area contributed by atoms with E-state index in [0.717, 1.165) is 40.2 Å². The number of azide groups is 1. The minimum Gasteiger partial charge on any atom is -0.309 e. The first-order valence-corrected chi connectivity index (χ1v) is 12.6. The van der Waals surface area contributed by atoms with Gasteiger partial charge in [-0.05, 0) is 59.4 Å². The summed E-state index contributed by atoms with van der Waals surface area (Å²) in [5, 5.41) is 6.27. The molecule has 8 nitrogen and oxygen atoms in total. The smallest absolute Gasteiger partial charge is 0.249 e. The molecule has 0 unspecified atom stereocenters. The molecule has 1 N–H and O–H groups in total. The summed E-state index contributed by atoms with van der Waals surface area (Å²) in [7, 11) is 0. The minimum atomic E-state index is -0.590. The van der Waals surface area contributed by atoms with Crippen molar-refractivity contribution in [1.82, 2.24) is 9.97 Å². The zero-order valence-corrected chi connectivity index (χ0v) is 20.1. The maximum absolute atomic E-state index is 12.9. The second-order valence-corrected chi connectivity index (χ2v) is 9.57. The molecule has 2 aliphatic rings. The Hall–Kier alpha value is -4.03. The van der Waals surface area contributed by atoms with Crippen molar-refractivity contribution in [2.45, 2.75) is 57.8 Å². The van der Waals surface area contributed by atoms with Gasteiger partial charge in [-0.25, -0.2) is 9.97 Å². The molecule has 1 fully saturated rings. The van der Waals surface area contributed by atoms with E-state index in [2.05, 4.69) is 15.3 Å². The zero-order chi connectivity index (χ0) is 24.9. The molecule has 1 heterocycles. The first-order valence-electron chi connectivity index (χ1n) is 12.6. The molecule has 8 heteroatoms. The highest BCUT2D eigenvalue weighted by Crippen LogP contribution is 2.35. The number of benzene rings is 2. The second kappa shape index (κ2) is 10.7. The number of hydrogen-bond donors (Lipinski definition) is 1. The van der Waals surface area contributed by atoms with Crippen LogP contribution >= 0.6 is 0 Å². The molecule has 2 aromatic carbocycles. The SMILES string of the molecule is [N-]=[N+]=NC(=O)c1ccc2c(c1)CCc1nc(NC(=O)CCc3ccccc3)c(CC3CCCC3)nc1-2. The molecule has 182 valence electrons. The number of fused-ring (bicyclic) bond motifs is 3. The van der Waals surface area contributed by atoms with Crippen LogP contribution in [0.25, 0.3) is 21.7 Å². The predicted molar refractivity (Wildman–Crippen MR) is 137 cm³/mol. The molecule has 0 atom stereocenters. The third-order valence-electron chi connectivity index (χ3n) is 7.11. The van der Waals surface area contributed by atoms with Crippen molar-refractivity contribution in [2.24, 2.45) is 11.0 Å². The van der Waals surface area contributed by atoms with Gasteiger partial charge in [0.05, 0.1) is 17.1 Å². The Kier molecular flexibility index (Phi) is 7.05. The van der Waals surface area contributed by atoms with Crippen LogP contribution in [0.5, 0.6) is 0 Å². The van der Waals surface area contributed by atoms with Crippen LogP contribution in [0.3, 0.4) is 0 Å². The van der Waals surface area contributed by atoms with E-state index in [1.165, 1.54) is 25.7 Å². The van der Waals surface area contributed by atoms with Gasteiger partial charge in [0.2, 0.25) is 11.8 Å². The molecule has 0 aliphatic heterocycles. The molecule has 0 radical (unpaired) electrons. The van der Waals surface area contributed by atoms with E-state index in [4.69, 9.17) is 15.5 Å². The number of aryl methyl sites for hydroxylation is 3. The normalized spacial score (nSPS) is 14.4. The summed E-state index contributed by atoms with van der Waals surface area (Å²) < 4.78 is 0. The number of aromatic nitrogens is 2. The van der Waals surface area contributed by atoms with E-state index in [-0.39, 0.29) is 5.91 Å². The van der Waals surface area contributed by atoms with E-state index >= 15 is 0 Å². The summed E-state index contributed by atoms with van der Waals surface area (Å²) in [5.41, 5.74) is 14.5. The van der Waals surface area contributed by atoms with Gasteiger partial charge in [-0.15, -0.1) is 0 Å². The molecule has 3 aromatic rings. The fraction of sp³-hybridized carbons (Fsp3) is 0.357. The maximum Gasteiger partial charge on any atom is 0.249 e. The summed E-state index contributed by atoms with van der Waals surface area (Å²) >= 11 is 0. The Morgan fingerprint density at radius 2 is 1.86 bits per heavy atom. The topological polar surface area (TPSA) is 121 Å². The van der Waals surface area contributed by atoms with Crippen LogP contribution in [0, 0.1) is 5.92 Å². The van der Waals surface area contributed by atoms with E-state index in [9.17, 15) is 9.59 Å². The highest BCUT2D eigenvalue weighted by atomic mass is 16.2. The standard InChI is InChI=1S/C28H28N6O2/c29-34-33-28(36)21-11-13-22-20(17-21)12-14-23-26(22)30-24(16-19-8-4-5-9-19)27(31-23)32-25(35)15-10-18-6-2-1-3-7-18/h1-3,6-7,11,13,17,19H,4-5,8-10,12,14-16H2,(H,31,32,35). The predicted octanol–water partition coefficient (Wildman–Crippen LogP) is 6.00. The first kappa shape index (κ1) is 23.7. The van der Waals surface area contributed by atoms with Crippen molar-refractivity contribution in [1.29, 1.82) is 0 Å². The van der Waals surface area contributed by atoms with Crippen molar-refractivity contribution in [3.05, 3.63) is 87.1 Å². The number of amides is 2. The summed E-state index contributed by atoms with van der Waals surface area (Å²) in [5.74, 6) is 0.479. The minimum absolute atomic E-state index is 0.0572. The molecular formula is C28H28N6O2. The lowest BCUT2D eigenvalue weighted by molar-refractivity contribution is -0.116. The van der Waals surface area contributed by atoms with Gasteiger partial charge in [0.15, 0.2) is 5.82 Å². The largest absolute Gasteiger partial charge is 0.309 e. The van der Waals surface area contributed by atoms with Crippen molar-refractivity contribution >= 4 is 17.6 Å². The molecule has 36 heavy (non-hydrogen) atoms. The average molecular weight is 481 g/mol. The van der Waals surface area contributed by atoms with Gasteiger partial charge >= 0.3 is 0 Å². The fourth-order valence-corrected chi connectivity index (χ4v) is 5.24. The average Bonchev–Trinajstić information content (AvgIpc) is 3.41. The van der Waals surface area contributed by atoms with Gasteiger partial charge in [-0.2, -0.15) is 0 Å². The first-order chi connectivity index (χ1) is 17.6. The molecule has 2 amide bonds. The Morgan fingerprint density at radius 1 is 1.06 bits per heavy atom. The Labute approximate surface area is 209 Å². The van der Waals surface area contributed by atoms with Gasteiger partial charge in [0.25, 0.3) is 0 Å². The third kappa shape index (κ3) is 5.29. The number of carbonyl (C=O) groups excluding carboxylic acids is 2. The molecular weight excluding hydrogens is 452 g/mol. The lowest BCUT2D eigenvalue weighted by Crippen LogP contribution is -2.19. The number of nitrogens with one attached hydrogen (secondary N) is 1. The second-order valence-electron chi connectivity index (χ2n) is 9.57. The van der Waals surface area contributed by atoms with Crippen LogP contribution in [-0.4, -0.2) is 21.8 Å². The van der Waals surface area contributed by atoms with Crippen LogP contribution in [0.2, 0.25) is 0 Å². The Morgan fingerprint density at radius 3 is 2.64 bits per heavy atom. The molecule has 5 rings (SSSR count). The number of hydrogen-bond acceptors (Lipinski definition) is 4. The van der Waals surface area contributed by atoms with Crippen LogP contribution in [0.1, 0.15) is 65.0 Å². The number of nitrogens with zero attached hydrogens (tertiary/aromatic N) is 5.